The molecular formula is C13H15N3O2. The van der Waals surface area contributed by atoms with E-state index in [-0.39, 0.29) is 0 Å². The van der Waals surface area contributed by atoms with E-state index in [2.05, 4.69) is 27.6 Å². The molecule has 94 valence electrons. The summed E-state index contributed by atoms with van der Waals surface area (Å²) in [6, 6.07) is 6.16. The zero-order valence-electron chi connectivity index (χ0n) is 10.3. The van der Waals surface area contributed by atoms with Crippen LogP contribution in [0.1, 0.15) is 18.3 Å². The topological polar surface area (TPSA) is 60.2 Å². The number of ether oxygens (including phenoxy) is 1. The van der Waals surface area contributed by atoms with Crippen LogP contribution in [0.15, 0.2) is 22.7 Å². The summed E-state index contributed by atoms with van der Waals surface area (Å²) < 4.78 is 10.5. The fraction of sp³-hybridized carbons (Fsp3) is 0.385. The molecular weight excluding hydrogens is 230 g/mol. The molecule has 1 aliphatic heterocycles. The first-order chi connectivity index (χ1) is 8.86. The Morgan fingerprint density at radius 3 is 3.28 bits per heavy atom. The van der Waals surface area contributed by atoms with E-state index in [0.29, 0.717) is 24.9 Å². The van der Waals surface area contributed by atoms with Gasteiger partial charge < -0.3 is 14.6 Å². The monoisotopic (exact) mass is 245 g/mol. The summed E-state index contributed by atoms with van der Waals surface area (Å²) in [6.45, 7) is 3.98. The molecule has 5 nitrogen and oxygen atoms in total. The van der Waals surface area contributed by atoms with Crippen LogP contribution >= 0.6 is 0 Å². The van der Waals surface area contributed by atoms with Crippen molar-refractivity contribution < 1.29 is 9.26 Å². The van der Waals surface area contributed by atoms with Gasteiger partial charge in [0.15, 0.2) is 5.82 Å². The second-order valence-electron chi connectivity index (χ2n) is 4.20. The van der Waals surface area contributed by atoms with E-state index in [0.717, 1.165) is 18.5 Å². The Labute approximate surface area is 105 Å². The highest BCUT2D eigenvalue weighted by atomic mass is 16.5. The fourth-order valence-electron chi connectivity index (χ4n) is 2.06. The summed E-state index contributed by atoms with van der Waals surface area (Å²) in [6.07, 6.45) is 1.04. The van der Waals surface area contributed by atoms with Crippen LogP contribution in [0.4, 0.5) is 5.69 Å². The van der Waals surface area contributed by atoms with Gasteiger partial charge in [0.1, 0.15) is 6.61 Å². The van der Waals surface area contributed by atoms with E-state index in [9.17, 15) is 0 Å². The molecule has 0 atom stereocenters. The van der Waals surface area contributed by atoms with E-state index in [1.807, 2.05) is 13.0 Å². The van der Waals surface area contributed by atoms with Crippen molar-refractivity contribution >= 4 is 5.69 Å². The number of aromatic nitrogens is 2. The molecule has 2 aromatic rings. The average molecular weight is 245 g/mol. The van der Waals surface area contributed by atoms with E-state index >= 15 is 0 Å². The predicted molar refractivity (Wildman–Crippen MR) is 67.3 cm³/mol. The summed E-state index contributed by atoms with van der Waals surface area (Å²) in [5, 5.41) is 7.22. The molecule has 1 aromatic heterocycles. The molecule has 0 saturated carbocycles. The molecule has 1 aliphatic rings. The van der Waals surface area contributed by atoms with E-state index in [1.54, 1.807) is 0 Å². The average Bonchev–Trinajstić information content (AvgIpc) is 3.04. The molecule has 2 heterocycles. The number of benzene rings is 1. The molecule has 0 fully saturated rings. The zero-order valence-corrected chi connectivity index (χ0v) is 10.3. The minimum Gasteiger partial charge on any atom is -0.384 e. The number of rotatable bonds is 4. The van der Waals surface area contributed by atoms with Gasteiger partial charge >= 0.3 is 0 Å². The summed E-state index contributed by atoms with van der Waals surface area (Å²) in [5.41, 5.74) is 3.47. The Hall–Kier alpha value is -1.88. The van der Waals surface area contributed by atoms with Gasteiger partial charge in [0.2, 0.25) is 0 Å². The lowest BCUT2D eigenvalue weighted by atomic mass is 10.1. The van der Waals surface area contributed by atoms with E-state index in [4.69, 9.17) is 9.26 Å². The van der Waals surface area contributed by atoms with E-state index in [1.165, 1.54) is 11.3 Å². The minimum absolute atomic E-state index is 0.395. The maximum Gasteiger partial charge on any atom is 0.258 e. The first kappa shape index (κ1) is 11.2. The quantitative estimate of drug-likeness (QED) is 0.895. The second kappa shape index (κ2) is 4.78. The van der Waals surface area contributed by atoms with Crippen molar-refractivity contribution in [1.82, 2.24) is 10.1 Å². The van der Waals surface area contributed by atoms with Crippen molar-refractivity contribution in [3.8, 4) is 11.5 Å². The van der Waals surface area contributed by atoms with Crippen LogP contribution in [0.5, 0.6) is 0 Å². The first-order valence-corrected chi connectivity index (χ1v) is 6.14. The molecule has 0 aliphatic carbocycles. The Balaban J connectivity index is 1.83. The molecule has 3 rings (SSSR count). The summed E-state index contributed by atoms with van der Waals surface area (Å²) >= 11 is 0. The van der Waals surface area contributed by atoms with Crippen LogP contribution in [0.25, 0.3) is 11.5 Å². The third-order valence-electron chi connectivity index (χ3n) is 2.97. The lowest BCUT2D eigenvalue weighted by Crippen LogP contribution is -1.93. The van der Waals surface area contributed by atoms with Gasteiger partial charge in [0, 0.05) is 24.4 Å². The molecule has 0 radical (unpaired) electrons. The number of nitrogens with one attached hydrogen (secondary N) is 1. The Morgan fingerprint density at radius 1 is 1.44 bits per heavy atom. The Kier molecular flexibility index (Phi) is 2.98. The number of fused-ring (bicyclic) bond motifs is 1. The Bertz CT molecular complexity index is 551. The van der Waals surface area contributed by atoms with Gasteiger partial charge in [-0.1, -0.05) is 5.16 Å². The number of hydrogen-bond acceptors (Lipinski definition) is 5. The number of hydrogen-bond donors (Lipinski definition) is 1. The van der Waals surface area contributed by atoms with E-state index < -0.39 is 0 Å². The van der Waals surface area contributed by atoms with Crippen LogP contribution < -0.4 is 5.32 Å². The van der Waals surface area contributed by atoms with Crippen molar-refractivity contribution in [2.24, 2.45) is 0 Å². The molecule has 0 spiro atoms. The summed E-state index contributed by atoms with van der Waals surface area (Å²) in [4.78, 5) is 4.32. The van der Waals surface area contributed by atoms with Crippen LogP contribution in [0.2, 0.25) is 0 Å². The minimum atomic E-state index is 0.395. The van der Waals surface area contributed by atoms with Crippen LogP contribution in [-0.2, 0) is 17.8 Å². The first-order valence-electron chi connectivity index (χ1n) is 6.14. The van der Waals surface area contributed by atoms with Crippen molar-refractivity contribution in [1.29, 1.82) is 0 Å². The predicted octanol–water partition coefficient (Wildman–Crippen LogP) is 2.24. The molecule has 1 N–H and O–H groups in total. The maximum absolute atomic E-state index is 5.25. The number of anilines is 1. The highest BCUT2D eigenvalue weighted by Crippen LogP contribution is 2.27. The largest absolute Gasteiger partial charge is 0.384 e. The number of nitrogens with zero attached hydrogens (tertiary/aromatic N) is 2. The van der Waals surface area contributed by atoms with Crippen LogP contribution in [0, 0.1) is 0 Å². The molecule has 0 bridgehead atoms. The summed E-state index contributed by atoms with van der Waals surface area (Å²) in [7, 11) is 0. The highest BCUT2D eigenvalue weighted by molar-refractivity contribution is 5.64. The third kappa shape index (κ3) is 2.09. The SMILES string of the molecule is CCOCc1noc(-c2ccc3c(c2)CCN3)n1. The van der Waals surface area contributed by atoms with Gasteiger partial charge in [-0.05, 0) is 37.1 Å². The van der Waals surface area contributed by atoms with Crippen molar-refractivity contribution in [3.63, 3.8) is 0 Å². The van der Waals surface area contributed by atoms with Gasteiger partial charge in [-0.25, -0.2) is 0 Å². The van der Waals surface area contributed by atoms with Gasteiger partial charge in [-0.15, -0.1) is 0 Å². The van der Waals surface area contributed by atoms with Crippen LogP contribution in [-0.4, -0.2) is 23.3 Å². The summed E-state index contributed by atoms with van der Waals surface area (Å²) in [5.74, 6) is 1.14. The van der Waals surface area contributed by atoms with Gasteiger partial charge in [0.25, 0.3) is 5.89 Å². The normalized spacial score (nSPS) is 13.4. The molecule has 0 amide bonds. The van der Waals surface area contributed by atoms with Crippen molar-refractivity contribution in [3.05, 3.63) is 29.6 Å². The molecule has 0 saturated heterocycles. The van der Waals surface area contributed by atoms with Crippen molar-refractivity contribution in [2.45, 2.75) is 20.0 Å². The van der Waals surface area contributed by atoms with Gasteiger partial charge in [0.05, 0.1) is 0 Å². The third-order valence-corrected chi connectivity index (χ3v) is 2.97. The maximum atomic E-state index is 5.25. The lowest BCUT2D eigenvalue weighted by molar-refractivity contribution is 0.126. The Morgan fingerprint density at radius 2 is 2.39 bits per heavy atom. The smallest absolute Gasteiger partial charge is 0.258 e. The molecule has 18 heavy (non-hydrogen) atoms. The van der Waals surface area contributed by atoms with Gasteiger partial charge in [-0.3, -0.25) is 0 Å². The van der Waals surface area contributed by atoms with Crippen LogP contribution in [0.3, 0.4) is 0 Å². The lowest BCUT2D eigenvalue weighted by Gasteiger charge is -2.00. The van der Waals surface area contributed by atoms with Gasteiger partial charge in [-0.2, -0.15) is 4.98 Å². The highest BCUT2D eigenvalue weighted by Gasteiger charge is 2.14. The molecule has 5 heteroatoms. The zero-order chi connectivity index (χ0) is 12.4. The standard InChI is InChI=1S/C13H15N3O2/c1-2-17-8-12-15-13(18-16-12)10-3-4-11-9(7-10)5-6-14-11/h3-4,7,14H,2,5-6,8H2,1H3. The fourth-order valence-corrected chi connectivity index (χ4v) is 2.06. The molecule has 1 aromatic carbocycles. The van der Waals surface area contributed by atoms with Crippen molar-refractivity contribution in [2.75, 3.05) is 18.5 Å². The second-order valence-corrected chi connectivity index (χ2v) is 4.20. The molecule has 0 unspecified atom stereocenters.